The number of para-hydroxylation sites is 1. The van der Waals surface area contributed by atoms with Crippen molar-refractivity contribution in [2.24, 2.45) is 0 Å². The number of carbonyl (C=O) groups is 1. The van der Waals surface area contributed by atoms with Crippen LogP contribution in [0.15, 0.2) is 102 Å². The van der Waals surface area contributed by atoms with Gasteiger partial charge in [-0.05, 0) is 79.6 Å². The first-order chi connectivity index (χ1) is 18.4. The summed E-state index contributed by atoms with van der Waals surface area (Å²) in [7, 11) is -7.31. The molecule has 202 valence electrons. The zero-order chi connectivity index (χ0) is 28.2. The Hall–Kier alpha value is -4.15. The molecule has 8 nitrogen and oxygen atoms in total. The molecule has 2 N–H and O–H groups in total. The summed E-state index contributed by atoms with van der Waals surface area (Å²) in [6.07, 6.45) is 1.15. The summed E-state index contributed by atoms with van der Waals surface area (Å²) in [4.78, 5) is 12.8. The number of nitrogens with zero attached hydrogens (tertiary/aromatic N) is 1. The van der Waals surface area contributed by atoms with Gasteiger partial charge in [-0.15, -0.1) is 0 Å². The van der Waals surface area contributed by atoms with Gasteiger partial charge in [-0.2, -0.15) is 0 Å². The molecule has 0 aliphatic heterocycles. The molecule has 4 aromatic carbocycles. The van der Waals surface area contributed by atoms with Gasteiger partial charge in [-0.3, -0.25) is 13.8 Å². The van der Waals surface area contributed by atoms with Gasteiger partial charge in [0.05, 0.1) is 29.1 Å². The summed E-state index contributed by atoms with van der Waals surface area (Å²) >= 11 is 0. The van der Waals surface area contributed by atoms with Crippen LogP contribution in [0.2, 0.25) is 0 Å². The van der Waals surface area contributed by atoms with Crippen LogP contribution in [0.1, 0.15) is 27.0 Å². The quantitative estimate of drug-likeness (QED) is 0.286. The van der Waals surface area contributed by atoms with Crippen molar-refractivity contribution in [3.63, 3.8) is 0 Å². The second-order valence-electron chi connectivity index (χ2n) is 9.20. The van der Waals surface area contributed by atoms with Crippen molar-refractivity contribution in [1.29, 1.82) is 0 Å². The Kier molecular flexibility index (Phi) is 8.08. The lowest BCUT2D eigenvalue weighted by Gasteiger charge is -2.22. The van der Waals surface area contributed by atoms with E-state index in [1.54, 1.807) is 54.6 Å². The summed E-state index contributed by atoms with van der Waals surface area (Å²) in [6.45, 7) is 3.89. The number of hydrogen-bond donors (Lipinski definition) is 2. The first kappa shape index (κ1) is 27.9. The van der Waals surface area contributed by atoms with Gasteiger partial charge in [0.1, 0.15) is 0 Å². The molecule has 39 heavy (non-hydrogen) atoms. The molecule has 4 aromatic rings. The average Bonchev–Trinajstić information content (AvgIpc) is 2.89. The number of hydrogen-bond acceptors (Lipinski definition) is 5. The number of benzene rings is 4. The molecule has 1 amide bonds. The average molecular weight is 564 g/mol. The lowest BCUT2D eigenvalue weighted by atomic mass is 10.1. The third-order valence-electron chi connectivity index (χ3n) is 6.04. The highest BCUT2D eigenvalue weighted by atomic mass is 32.2. The smallest absolute Gasteiger partial charge is 0.261 e. The predicted molar refractivity (Wildman–Crippen MR) is 155 cm³/mol. The van der Waals surface area contributed by atoms with E-state index in [2.05, 4.69) is 10.0 Å². The van der Waals surface area contributed by atoms with Crippen LogP contribution in [0.5, 0.6) is 0 Å². The Morgan fingerprint density at radius 2 is 1.44 bits per heavy atom. The summed E-state index contributed by atoms with van der Waals surface area (Å²) < 4.78 is 54.2. The first-order valence-corrected chi connectivity index (χ1v) is 15.4. The van der Waals surface area contributed by atoms with E-state index in [1.165, 1.54) is 28.6 Å². The van der Waals surface area contributed by atoms with Crippen LogP contribution in [0.25, 0.3) is 0 Å². The van der Waals surface area contributed by atoms with Crippen molar-refractivity contribution in [2.45, 2.75) is 25.3 Å². The van der Waals surface area contributed by atoms with Gasteiger partial charge in [0.2, 0.25) is 10.0 Å². The lowest BCUT2D eigenvalue weighted by molar-refractivity contribution is 0.102. The maximum atomic E-state index is 12.8. The summed E-state index contributed by atoms with van der Waals surface area (Å²) in [5.41, 5.74) is 4.43. The minimum absolute atomic E-state index is 0.0682. The summed E-state index contributed by atoms with van der Waals surface area (Å²) in [5.74, 6) is -0.381. The molecule has 0 aliphatic rings. The predicted octanol–water partition coefficient (Wildman–Crippen LogP) is 5.32. The van der Waals surface area contributed by atoms with Crippen molar-refractivity contribution in [1.82, 2.24) is 0 Å². The maximum Gasteiger partial charge on any atom is 0.261 e. The molecule has 0 aliphatic carbocycles. The maximum absolute atomic E-state index is 12.8. The van der Waals surface area contributed by atoms with Crippen LogP contribution in [0.3, 0.4) is 0 Å². The standard InChI is InChI=1S/C29H29N3O5S2/c1-21-9-18-28(22(2)19-21)31-39(36,37)27-16-14-25(15-17-27)30-29(33)24-12-10-23(11-13-24)20-32(38(3,34)35)26-7-5-4-6-8-26/h4-19,31H,20H2,1-3H3,(H,30,33). The summed E-state index contributed by atoms with van der Waals surface area (Å²) in [5, 5.41) is 2.75. The molecular formula is C29H29N3O5S2. The number of anilines is 3. The Morgan fingerprint density at radius 1 is 0.795 bits per heavy atom. The summed E-state index contributed by atoms with van der Waals surface area (Å²) in [6, 6.07) is 26.8. The molecular weight excluding hydrogens is 534 g/mol. The van der Waals surface area contributed by atoms with E-state index in [0.717, 1.165) is 17.4 Å². The highest BCUT2D eigenvalue weighted by Crippen LogP contribution is 2.23. The fourth-order valence-corrected chi connectivity index (χ4v) is 5.99. The molecule has 0 radical (unpaired) electrons. The molecule has 0 unspecified atom stereocenters. The molecule has 0 atom stereocenters. The molecule has 0 aromatic heterocycles. The zero-order valence-corrected chi connectivity index (χ0v) is 23.4. The van der Waals surface area contributed by atoms with Crippen LogP contribution < -0.4 is 14.3 Å². The van der Waals surface area contributed by atoms with Crippen LogP contribution in [0, 0.1) is 13.8 Å². The van der Waals surface area contributed by atoms with E-state index in [4.69, 9.17) is 0 Å². The van der Waals surface area contributed by atoms with Gasteiger partial charge in [-0.25, -0.2) is 16.8 Å². The molecule has 4 rings (SSSR count). The second kappa shape index (κ2) is 11.3. The van der Waals surface area contributed by atoms with Crippen molar-refractivity contribution in [3.05, 3.63) is 119 Å². The largest absolute Gasteiger partial charge is 0.322 e. The SMILES string of the molecule is Cc1ccc(NS(=O)(=O)c2ccc(NC(=O)c3ccc(CN(c4ccccc4)S(C)(=O)=O)cc3)cc2)c(C)c1. The van der Waals surface area contributed by atoms with E-state index in [1.807, 2.05) is 32.0 Å². The van der Waals surface area contributed by atoms with Crippen molar-refractivity contribution < 1.29 is 21.6 Å². The van der Waals surface area contributed by atoms with E-state index in [-0.39, 0.29) is 17.3 Å². The van der Waals surface area contributed by atoms with E-state index in [0.29, 0.717) is 28.2 Å². The van der Waals surface area contributed by atoms with Crippen LogP contribution in [-0.2, 0) is 26.6 Å². The van der Waals surface area contributed by atoms with Crippen LogP contribution in [0.4, 0.5) is 17.1 Å². The van der Waals surface area contributed by atoms with Gasteiger partial charge < -0.3 is 5.32 Å². The monoisotopic (exact) mass is 563 g/mol. The highest BCUT2D eigenvalue weighted by molar-refractivity contribution is 7.92. The number of nitrogens with one attached hydrogen (secondary N) is 2. The molecule has 0 fully saturated rings. The van der Waals surface area contributed by atoms with Crippen molar-refractivity contribution >= 4 is 43.0 Å². The van der Waals surface area contributed by atoms with Gasteiger partial charge in [0.15, 0.2) is 0 Å². The molecule has 0 saturated carbocycles. The van der Waals surface area contributed by atoms with Crippen LogP contribution in [-0.4, -0.2) is 29.0 Å². The fourth-order valence-electron chi connectivity index (χ4n) is 3.97. The fraction of sp³-hybridized carbons (Fsp3) is 0.138. The Balaban J connectivity index is 1.42. The van der Waals surface area contributed by atoms with Crippen molar-refractivity contribution in [2.75, 3.05) is 20.6 Å². The number of amides is 1. The number of carbonyl (C=O) groups excluding carboxylic acids is 1. The Bertz CT molecular complexity index is 1690. The van der Waals surface area contributed by atoms with Gasteiger partial charge in [0, 0.05) is 11.3 Å². The topological polar surface area (TPSA) is 113 Å². The van der Waals surface area contributed by atoms with Crippen LogP contribution >= 0.6 is 0 Å². The molecule has 0 spiro atoms. The number of sulfonamides is 2. The van der Waals surface area contributed by atoms with Gasteiger partial charge in [-0.1, -0.05) is 48.0 Å². The minimum Gasteiger partial charge on any atom is -0.322 e. The number of rotatable bonds is 9. The lowest BCUT2D eigenvalue weighted by Crippen LogP contribution is -2.29. The first-order valence-electron chi connectivity index (χ1n) is 12.1. The van der Waals surface area contributed by atoms with Gasteiger partial charge >= 0.3 is 0 Å². The zero-order valence-electron chi connectivity index (χ0n) is 21.7. The molecule has 0 saturated heterocycles. The Labute approximate surface area is 229 Å². The van der Waals surface area contributed by atoms with E-state index in [9.17, 15) is 21.6 Å². The molecule has 10 heteroatoms. The van der Waals surface area contributed by atoms with E-state index < -0.39 is 20.0 Å². The molecule has 0 bridgehead atoms. The van der Waals surface area contributed by atoms with Gasteiger partial charge in [0.25, 0.3) is 15.9 Å². The second-order valence-corrected chi connectivity index (χ2v) is 12.8. The minimum atomic E-state index is -3.80. The number of aryl methyl sites for hydroxylation is 2. The molecule has 0 heterocycles. The normalized spacial score (nSPS) is 11.6. The third kappa shape index (κ3) is 7.04. The van der Waals surface area contributed by atoms with Crippen molar-refractivity contribution in [3.8, 4) is 0 Å². The third-order valence-corrected chi connectivity index (χ3v) is 8.56. The highest BCUT2D eigenvalue weighted by Gasteiger charge is 2.18. The Morgan fingerprint density at radius 3 is 2.03 bits per heavy atom. The van der Waals surface area contributed by atoms with E-state index >= 15 is 0 Å².